The fraction of sp³-hybridized carbons (Fsp3) is 0.625. The first-order valence-corrected chi connectivity index (χ1v) is 3.98. The van der Waals surface area contributed by atoms with E-state index in [1.165, 1.54) is 0 Å². The Bertz CT molecular complexity index is 169. The van der Waals surface area contributed by atoms with Gasteiger partial charge in [0, 0.05) is 0 Å². The maximum absolute atomic E-state index is 11.5. The third kappa shape index (κ3) is 11.6. The average molecular weight is 232 g/mol. The van der Waals surface area contributed by atoms with E-state index < -0.39 is 25.3 Å². The van der Waals surface area contributed by atoms with E-state index >= 15 is 0 Å². The van der Waals surface area contributed by atoms with Gasteiger partial charge in [-0.15, -0.1) is 0 Å². The molecule has 0 rings (SSSR count). The van der Waals surface area contributed by atoms with Gasteiger partial charge in [-0.1, -0.05) is 6.42 Å². The molecule has 0 aromatic rings. The summed E-state index contributed by atoms with van der Waals surface area (Å²) in [5, 5.41) is 0. The van der Waals surface area contributed by atoms with Gasteiger partial charge in [-0.2, -0.15) is 0 Å². The van der Waals surface area contributed by atoms with Crippen molar-refractivity contribution in [1.82, 2.24) is 0 Å². The van der Waals surface area contributed by atoms with Gasteiger partial charge < -0.3 is 9.47 Å². The Morgan fingerprint density at radius 2 is 1.60 bits per heavy atom. The van der Waals surface area contributed by atoms with Crippen molar-refractivity contribution in [2.75, 3.05) is 26.6 Å². The molecule has 4 nitrogen and oxygen atoms in total. The van der Waals surface area contributed by atoms with Crippen molar-refractivity contribution in [3.8, 4) is 0 Å². The molecule has 0 radical (unpaired) electrons. The molecule has 0 heterocycles. The predicted octanol–water partition coefficient (Wildman–Crippen LogP) is -2.39. The van der Waals surface area contributed by atoms with Crippen LogP contribution in [0.4, 0.5) is 8.78 Å². The first-order chi connectivity index (χ1) is 6.70. The summed E-state index contributed by atoms with van der Waals surface area (Å²) < 4.78 is 31.6. The number of hydrogen-bond acceptors (Lipinski definition) is 4. The minimum atomic E-state index is -0.792. The van der Waals surface area contributed by atoms with Gasteiger partial charge in [-0.3, -0.25) is 16.0 Å². The second-order valence-corrected chi connectivity index (χ2v) is 2.17. The van der Waals surface area contributed by atoms with Crippen molar-refractivity contribution in [3.05, 3.63) is 6.42 Å². The minimum Gasteiger partial charge on any atom is -0.485 e. The monoisotopic (exact) mass is 232 g/mol. The van der Waals surface area contributed by atoms with Crippen LogP contribution in [-0.4, -0.2) is 38.5 Å². The predicted molar refractivity (Wildman–Crippen MR) is 42.8 cm³/mol. The molecule has 0 aliphatic rings. The van der Waals surface area contributed by atoms with E-state index in [2.05, 4.69) is 9.47 Å². The molecule has 7 heteroatoms. The van der Waals surface area contributed by atoms with Gasteiger partial charge in [0.05, 0.1) is 0 Å². The van der Waals surface area contributed by atoms with Crippen molar-refractivity contribution >= 4 is 11.9 Å². The summed E-state index contributed by atoms with van der Waals surface area (Å²) >= 11 is 0. The Morgan fingerprint density at radius 3 is 2.13 bits per heavy atom. The largest absolute Gasteiger partial charge is 1.00 e. The topological polar surface area (TPSA) is 52.6 Å². The Hall–Kier alpha value is -0.330. The van der Waals surface area contributed by atoms with Crippen molar-refractivity contribution in [3.63, 3.8) is 0 Å². The molecule has 0 saturated heterocycles. The molecule has 15 heavy (non-hydrogen) atoms. The third-order valence-electron chi connectivity index (χ3n) is 1.10. The molecule has 82 valence electrons. The maximum Gasteiger partial charge on any atom is 1.00 e. The minimum absolute atomic E-state index is 0. The van der Waals surface area contributed by atoms with Crippen molar-refractivity contribution in [1.29, 1.82) is 0 Å². The first kappa shape index (κ1) is 17.1. The van der Waals surface area contributed by atoms with E-state index in [0.717, 1.165) is 6.42 Å². The molecule has 0 aliphatic heterocycles. The van der Waals surface area contributed by atoms with Crippen LogP contribution in [0.15, 0.2) is 0 Å². The molecule has 0 aromatic carbocycles. The summed E-state index contributed by atoms with van der Waals surface area (Å²) in [5.41, 5.74) is 0. The smallest absolute Gasteiger partial charge is 0.485 e. The molecule has 0 spiro atoms. The number of hydrogen-bond donors (Lipinski definition) is 0. The van der Waals surface area contributed by atoms with Gasteiger partial charge in [0.1, 0.15) is 26.6 Å². The molecule has 0 unspecified atom stereocenters. The van der Waals surface area contributed by atoms with Crippen LogP contribution in [-0.2, 0) is 19.1 Å². The average Bonchev–Trinajstić information content (AvgIpc) is 2.20. The number of esters is 2. The van der Waals surface area contributed by atoms with Crippen LogP contribution in [0, 0.1) is 6.42 Å². The number of halogens is 2. The van der Waals surface area contributed by atoms with E-state index in [-0.39, 0.29) is 49.2 Å². The molecular formula is C8H11F2NaO4. The quantitative estimate of drug-likeness (QED) is 0.279. The van der Waals surface area contributed by atoms with Gasteiger partial charge in [0.15, 0.2) is 5.97 Å². The van der Waals surface area contributed by atoms with E-state index in [1.807, 2.05) is 0 Å². The van der Waals surface area contributed by atoms with Gasteiger partial charge in [-0.25, -0.2) is 8.78 Å². The van der Waals surface area contributed by atoms with Crippen LogP contribution in [0.5, 0.6) is 0 Å². The number of carbonyl (C=O) groups excluding carboxylic acids is 2. The van der Waals surface area contributed by atoms with Gasteiger partial charge in [0.25, 0.3) is 5.97 Å². The Kier molecular flexibility index (Phi) is 13.4. The van der Waals surface area contributed by atoms with Crippen LogP contribution < -0.4 is 29.6 Å². The van der Waals surface area contributed by atoms with E-state index in [4.69, 9.17) is 0 Å². The van der Waals surface area contributed by atoms with Crippen LogP contribution in [0.25, 0.3) is 0 Å². The second kappa shape index (κ2) is 11.7. The summed E-state index contributed by atoms with van der Waals surface area (Å²) in [4.78, 5) is 21.3. The number of rotatable bonds is 7. The zero-order valence-corrected chi connectivity index (χ0v) is 10.5. The Balaban J connectivity index is 0. The molecule has 0 N–H and O–H groups in total. The zero-order valence-electron chi connectivity index (χ0n) is 8.50. The standard InChI is InChI=1S/C8H11F2O4.Na/c9-3-5-13-7(11)1-2-8(12)14-6-4-10;/h1H,2-6H2;/q-1;+1. The molecular weight excluding hydrogens is 221 g/mol. The van der Waals surface area contributed by atoms with Crippen molar-refractivity contribution in [2.45, 2.75) is 6.42 Å². The summed E-state index contributed by atoms with van der Waals surface area (Å²) in [6.45, 7) is -2.20. The fourth-order valence-corrected chi connectivity index (χ4v) is 0.576. The molecule has 0 aromatic heterocycles. The second-order valence-electron chi connectivity index (χ2n) is 2.17. The summed E-state index contributed by atoms with van der Waals surface area (Å²) in [5.74, 6) is -1.51. The SMILES string of the molecule is O=C([CH-]CC(=O)OCCF)OCCF.[Na+]. The van der Waals surface area contributed by atoms with Crippen LogP contribution >= 0.6 is 0 Å². The normalized spacial score (nSPS) is 8.67. The van der Waals surface area contributed by atoms with E-state index in [0.29, 0.717) is 0 Å². The maximum atomic E-state index is 11.5. The Morgan fingerprint density at radius 1 is 1.07 bits per heavy atom. The summed E-state index contributed by atoms with van der Waals surface area (Å²) in [6.07, 6.45) is 0.612. The number of alkyl halides is 2. The van der Waals surface area contributed by atoms with E-state index in [1.54, 1.807) is 0 Å². The molecule has 0 amide bonds. The van der Waals surface area contributed by atoms with Gasteiger partial charge in [-0.05, 0) is 0 Å². The third-order valence-corrected chi connectivity index (χ3v) is 1.10. The summed E-state index contributed by atoms with van der Waals surface area (Å²) in [6, 6.07) is 0. The van der Waals surface area contributed by atoms with Crippen molar-refractivity contribution < 1.29 is 57.4 Å². The van der Waals surface area contributed by atoms with Crippen molar-refractivity contribution in [2.24, 2.45) is 0 Å². The Labute approximate surface area is 109 Å². The van der Waals surface area contributed by atoms with Crippen LogP contribution in [0.3, 0.4) is 0 Å². The van der Waals surface area contributed by atoms with Gasteiger partial charge in [0.2, 0.25) is 0 Å². The number of ether oxygens (including phenoxy) is 2. The molecule has 0 saturated carbocycles. The molecule has 0 bridgehead atoms. The van der Waals surface area contributed by atoms with Gasteiger partial charge >= 0.3 is 29.6 Å². The molecule has 0 fully saturated rings. The first-order valence-electron chi connectivity index (χ1n) is 3.98. The fourth-order valence-electron chi connectivity index (χ4n) is 0.576. The van der Waals surface area contributed by atoms with Crippen LogP contribution in [0.2, 0.25) is 0 Å². The van der Waals surface area contributed by atoms with Crippen LogP contribution in [0.1, 0.15) is 6.42 Å². The van der Waals surface area contributed by atoms with E-state index in [9.17, 15) is 18.4 Å². The molecule has 0 aliphatic carbocycles. The number of carbonyl (C=O) groups is 2. The zero-order chi connectivity index (χ0) is 10.8. The molecule has 0 atom stereocenters. The summed E-state index contributed by atoms with van der Waals surface area (Å²) in [7, 11) is 0.